The van der Waals surface area contributed by atoms with Crippen molar-refractivity contribution in [1.82, 2.24) is 61.5 Å². The van der Waals surface area contributed by atoms with Crippen LogP contribution >= 0.6 is 68.0 Å². The zero-order chi connectivity index (χ0) is 65.3. The number of aliphatic carboxylic acids is 2. The molecule has 7 aromatic heterocycles. The second-order valence-electron chi connectivity index (χ2n) is 22.2. The van der Waals surface area contributed by atoms with E-state index in [9.17, 15) is 53.7 Å². The molecule has 1 unspecified atom stereocenters. The Kier molecular flexibility index (Phi) is 21.8. The number of aromatic nitrogens is 7. The Labute approximate surface area is 551 Å². The summed E-state index contributed by atoms with van der Waals surface area (Å²) >= 11 is 7.12. The first-order valence-corrected chi connectivity index (χ1v) is 34.6. The molecule has 1 aliphatic carbocycles. The monoisotopic (exact) mass is 1360 g/mol. The van der Waals surface area contributed by atoms with Crippen molar-refractivity contribution in [3.8, 4) is 43.4 Å². The zero-order valence-corrected chi connectivity index (χ0v) is 55.3. The van der Waals surface area contributed by atoms with E-state index in [1.807, 2.05) is 13.8 Å². The molecule has 0 saturated heterocycles. The van der Waals surface area contributed by atoms with Crippen LogP contribution < -0.4 is 31.5 Å². The molecule has 482 valence electrons. The number of aliphatic hydroxyl groups excluding tert-OH is 1. The summed E-state index contributed by atoms with van der Waals surface area (Å²) in [4.78, 5) is 144. The summed E-state index contributed by atoms with van der Waals surface area (Å²) in [6.45, 7) is 5.17. The number of carboxylic acid groups (broad SMARTS) is 2. The summed E-state index contributed by atoms with van der Waals surface area (Å²) < 4.78 is 5.46. The third-order valence-electron chi connectivity index (χ3n) is 15.5. The first-order valence-electron chi connectivity index (χ1n) is 29.5. The summed E-state index contributed by atoms with van der Waals surface area (Å²) in [5, 5.41) is 54.1. The van der Waals surface area contributed by atoms with Crippen molar-refractivity contribution < 1.29 is 58.4 Å². The highest BCUT2D eigenvalue weighted by molar-refractivity contribution is 7.15. The van der Waals surface area contributed by atoms with E-state index in [2.05, 4.69) is 26.6 Å². The number of methoxy groups -OCH3 is 1. The number of hydrogen-bond acceptors (Lipinski definition) is 23. The van der Waals surface area contributed by atoms with Gasteiger partial charge in [0.15, 0.2) is 0 Å². The second kappa shape index (κ2) is 30.1. The number of benzene rings is 1. The standard InChI is InChI=1S/C61H65N13O12S6/c1-29(2)45-59-73-48(40(92-59)24-86-5)52(81)63-23-43(76)70-49(50(79)31-12-8-6-9-13-31)58-68-39(27-89-58)56-66-37(25-88-56)47-34(54-67-38(26-87-54)51(80)65-36(22-42(75)62-4)57-72-46(30(3)91-57)53(82)71-45)19-20-35(64-47)55-69-41(28-90-55)74(21-11-7-10-14-44(77)78)60(83)32-15-17-33(18-16-32)61(84)85/h6,8-9,12-13,19-20,25-29,32-33,36,45,49-50,79H,7,10-11,14-18,21-24H2,1-5H3,(H,62,75)(H,63,81)(H,65,80)(H,70,76)(H,71,82)(H,77,78)(H,84,85)/t32?,33?,36-,45?,49-,50-/m0/s1. The summed E-state index contributed by atoms with van der Waals surface area (Å²) in [7, 11) is 2.93. The van der Waals surface area contributed by atoms with Crippen LogP contribution in [0.25, 0.3) is 43.4 Å². The van der Waals surface area contributed by atoms with Gasteiger partial charge in [-0.05, 0) is 69.1 Å². The normalized spacial score (nSPS) is 18.4. The molecule has 8 N–H and O–H groups in total. The molecule has 10 bridgehead atoms. The number of carboxylic acids is 2. The van der Waals surface area contributed by atoms with Gasteiger partial charge in [0.05, 0.1) is 48.1 Å². The average molecular weight is 1360 g/mol. The Balaban J connectivity index is 1.04. The highest BCUT2D eigenvalue weighted by Crippen LogP contribution is 2.41. The van der Waals surface area contributed by atoms with Crippen molar-refractivity contribution >= 4 is 121 Å². The van der Waals surface area contributed by atoms with Crippen molar-refractivity contribution in [2.24, 2.45) is 17.8 Å². The van der Waals surface area contributed by atoms with Gasteiger partial charge in [-0.2, -0.15) is 0 Å². The lowest BCUT2D eigenvalue weighted by Gasteiger charge is -2.30. The maximum atomic E-state index is 14.4. The SMILES string of the molecule is CNC(=O)C[C@@H]1NC(=O)c2csc(n2)-c2ccc(-c3nc(N(CCCCCC(=O)O)C(=O)C4CCC(C(=O)O)CC4)cs3)nc2-c2csc(n2)-c2csc(n2)[C@H]([C@@H](O)c2ccccc2)NC(=O)CNC(=O)c2nc(sc2COC)C(C(C)C)NC(=O)c2nc1sc2C. The minimum Gasteiger partial charge on any atom is -0.481 e. The molecule has 10 rings (SSSR count). The van der Waals surface area contributed by atoms with Crippen molar-refractivity contribution in [3.63, 3.8) is 0 Å². The van der Waals surface area contributed by atoms with Crippen molar-refractivity contribution in [1.29, 1.82) is 0 Å². The largest absolute Gasteiger partial charge is 0.481 e. The van der Waals surface area contributed by atoms with Crippen LogP contribution in [0.1, 0.15) is 158 Å². The molecule has 1 saturated carbocycles. The van der Waals surface area contributed by atoms with Crippen LogP contribution in [-0.4, -0.2) is 125 Å². The molecule has 1 aromatic carbocycles. The van der Waals surface area contributed by atoms with Gasteiger partial charge in [-0.1, -0.05) is 50.6 Å². The Morgan fingerprint density at radius 2 is 1.37 bits per heavy atom. The lowest BCUT2D eigenvalue weighted by Crippen LogP contribution is -2.40. The number of unbranched alkanes of at least 4 members (excludes halogenated alkanes) is 2. The van der Waals surface area contributed by atoms with Crippen LogP contribution in [-0.2, 0) is 35.3 Å². The maximum Gasteiger partial charge on any atom is 0.306 e. The van der Waals surface area contributed by atoms with E-state index in [0.29, 0.717) is 119 Å². The fourth-order valence-electron chi connectivity index (χ4n) is 10.6. The highest BCUT2D eigenvalue weighted by Gasteiger charge is 2.36. The van der Waals surface area contributed by atoms with E-state index in [4.69, 9.17) is 39.6 Å². The van der Waals surface area contributed by atoms with Crippen molar-refractivity contribution in [3.05, 3.63) is 111 Å². The molecule has 1 fully saturated rings. The minimum absolute atomic E-state index is 0.00304. The molecule has 1 aliphatic heterocycles. The number of aryl methyl sites for hydroxylation is 1. The first kappa shape index (κ1) is 66.7. The molecule has 2 aliphatic rings. The molecule has 92 heavy (non-hydrogen) atoms. The van der Waals surface area contributed by atoms with Gasteiger partial charge in [-0.15, -0.1) is 68.0 Å². The van der Waals surface area contributed by atoms with Crippen LogP contribution in [0.2, 0.25) is 0 Å². The minimum atomic E-state index is -1.30. The van der Waals surface area contributed by atoms with E-state index in [-0.39, 0.29) is 59.9 Å². The molecule has 4 atom stereocenters. The molecule has 31 heteroatoms. The van der Waals surface area contributed by atoms with E-state index < -0.39 is 84.1 Å². The van der Waals surface area contributed by atoms with Gasteiger partial charge in [0.25, 0.3) is 17.7 Å². The number of carbonyl (C=O) groups excluding carboxylic acids is 6. The molecule has 8 aromatic rings. The van der Waals surface area contributed by atoms with E-state index in [1.165, 1.54) is 48.2 Å². The molecule has 0 radical (unpaired) electrons. The lowest BCUT2D eigenvalue weighted by atomic mass is 9.81. The van der Waals surface area contributed by atoms with Gasteiger partial charge >= 0.3 is 11.9 Å². The summed E-state index contributed by atoms with van der Waals surface area (Å²) in [6.07, 6.45) is 1.44. The van der Waals surface area contributed by atoms with Gasteiger partial charge < -0.3 is 46.6 Å². The zero-order valence-electron chi connectivity index (χ0n) is 50.4. The number of nitrogens with zero attached hydrogens (tertiary/aromatic N) is 8. The summed E-state index contributed by atoms with van der Waals surface area (Å²) in [5.41, 5.74) is 2.51. The molecule has 6 amide bonds. The number of carbonyl (C=O) groups is 8. The summed E-state index contributed by atoms with van der Waals surface area (Å²) in [5.74, 6) is -5.80. The molecule has 25 nitrogen and oxygen atoms in total. The van der Waals surface area contributed by atoms with Crippen LogP contribution in [0.3, 0.4) is 0 Å². The first-order chi connectivity index (χ1) is 44.3. The number of hydrogen-bond donors (Lipinski definition) is 8. The van der Waals surface area contributed by atoms with Gasteiger partial charge in [-0.25, -0.2) is 34.9 Å². The van der Waals surface area contributed by atoms with Gasteiger partial charge in [0.2, 0.25) is 17.7 Å². The predicted octanol–water partition coefficient (Wildman–Crippen LogP) is 9.18. The Bertz CT molecular complexity index is 4020. The number of anilines is 1. The molecular formula is C61H65N13O12S6. The fraction of sp³-hybridized carbons (Fsp3) is 0.393. The highest BCUT2D eigenvalue weighted by atomic mass is 32.1. The number of nitrogens with one attached hydrogen (secondary N) is 5. The van der Waals surface area contributed by atoms with E-state index >= 15 is 0 Å². The van der Waals surface area contributed by atoms with Gasteiger partial charge in [0.1, 0.15) is 82.2 Å². The molecular weight excluding hydrogens is 1300 g/mol. The van der Waals surface area contributed by atoms with Crippen LogP contribution in [0.15, 0.2) is 64.0 Å². The maximum absolute atomic E-state index is 14.4. The smallest absolute Gasteiger partial charge is 0.306 e. The number of pyridine rings is 1. The average Bonchev–Trinajstić information content (AvgIpc) is 1.61. The number of thiazole rings is 6. The third kappa shape index (κ3) is 15.6. The Morgan fingerprint density at radius 3 is 2.10 bits per heavy atom. The van der Waals surface area contributed by atoms with Gasteiger partial charge in [0, 0.05) is 65.0 Å². The van der Waals surface area contributed by atoms with Crippen molar-refractivity contribution in [2.75, 3.05) is 32.1 Å². The Morgan fingerprint density at radius 1 is 0.674 bits per heavy atom. The molecule has 0 spiro atoms. The number of aliphatic hydroxyl groups is 1. The summed E-state index contributed by atoms with van der Waals surface area (Å²) in [6, 6.07) is 9.39. The number of amides is 6. The number of ether oxygens (including phenoxy) is 1. The number of fused-ring (bicyclic) bond motifs is 14. The predicted molar refractivity (Wildman–Crippen MR) is 348 cm³/mol. The molecule has 8 heterocycles. The topological polar surface area (TPSA) is 360 Å². The van der Waals surface area contributed by atoms with Crippen LogP contribution in [0.5, 0.6) is 0 Å². The fourth-order valence-corrected chi connectivity index (χ4v) is 16.1. The van der Waals surface area contributed by atoms with Gasteiger partial charge in [-0.3, -0.25) is 43.3 Å². The van der Waals surface area contributed by atoms with Crippen molar-refractivity contribution in [2.45, 2.75) is 109 Å². The Hall–Kier alpha value is -8.17. The van der Waals surface area contributed by atoms with Crippen LogP contribution in [0.4, 0.5) is 5.82 Å². The quantitative estimate of drug-likeness (QED) is 0.0394. The van der Waals surface area contributed by atoms with E-state index in [0.717, 1.165) is 34.0 Å². The van der Waals surface area contributed by atoms with E-state index in [1.54, 1.807) is 75.8 Å². The lowest BCUT2D eigenvalue weighted by molar-refractivity contribution is -0.144. The second-order valence-corrected chi connectivity index (χ2v) is 28.0. The third-order valence-corrected chi connectivity index (χ3v) is 21.2. The van der Waals surface area contributed by atoms with Crippen LogP contribution in [0, 0.1) is 24.7 Å². The number of rotatable bonds is 17.